The molecule has 1 aromatic heterocycles. The van der Waals surface area contributed by atoms with Crippen LogP contribution >= 0.6 is 23.6 Å². The average molecular weight is 279 g/mol. The Morgan fingerprint density at radius 1 is 1.44 bits per heavy atom. The lowest BCUT2D eigenvalue weighted by atomic mass is 9.96. The van der Waals surface area contributed by atoms with Gasteiger partial charge in [0, 0.05) is 10.9 Å². The maximum atomic E-state index is 5.27. The minimum Gasteiger partial charge on any atom is -0.358 e. The summed E-state index contributed by atoms with van der Waals surface area (Å²) >= 11 is 6.93. The fourth-order valence-corrected chi connectivity index (χ4v) is 3.93. The lowest BCUT2D eigenvalue weighted by Crippen LogP contribution is -2.42. The van der Waals surface area contributed by atoms with Gasteiger partial charge in [-0.3, -0.25) is 5.43 Å². The standard InChI is InChI=1S/C13H17N3S2/c17-13(16-14-8-11-2-1-5-18-11)15-12-7-9-3-4-10(12)6-9/h1-2,5,8-10,12H,3-4,6-7H2,(H2,15,16,17)/b14-8-/t9-,10-,12+/m1/s1. The van der Waals surface area contributed by atoms with Crippen LogP contribution in [0.15, 0.2) is 22.6 Å². The first-order valence-corrected chi connectivity index (χ1v) is 7.73. The Kier molecular flexibility index (Phi) is 3.61. The summed E-state index contributed by atoms with van der Waals surface area (Å²) in [7, 11) is 0. The zero-order valence-corrected chi connectivity index (χ0v) is 11.8. The number of fused-ring (bicyclic) bond motifs is 2. The number of nitrogens with zero attached hydrogens (tertiary/aromatic N) is 1. The Labute approximate surface area is 117 Å². The van der Waals surface area contributed by atoms with Gasteiger partial charge in [0.05, 0.1) is 6.21 Å². The molecule has 0 unspecified atom stereocenters. The molecule has 18 heavy (non-hydrogen) atoms. The van der Waals surface area contributed by atoms with E-state index in [1.54, 1.807) is 17.6 Å². The lowest BCUT2D eigenvalue weighted by Gasteiger charge is -2.23. The van der Waals surface area contributed by atoms with Crippen molar-refractivity contribution in [3.05, 3.63) is 22.4 Å². The largest absolute Gasteiger partial charge is 0.358 e. The summed E-state index contributed by atoms with van der Waals surface area (Å²) in [6.07, 6.45) is 7.25. The molecule has 2 bridgehead atoms. The van der Waals surface area contributed by atoms with Gasteiger partial charge >= 0.3 is 0 Å². The Bertz CT molecular complexity index is 441. The summed E-state index contributed by atoms with van der Waals surface area (Å²) in [5.74, 6) is 1.76. The Hall–Kier alpha value is -0.940. The van der Waals surface area contributed by atoms with Crippen molar-refractivity contribution >= 4 is 34.9 Å². The minimum absolute atomic E-state index is 0.570. The summed E-state index contributed by atoms with van der Waals surface area (Å²) in [6, 6.07) is 4.61. The fraction of sp³-hybridized carbons (Fsp3) is 0.538. The Morgan fingerprint density at radius 2 is 2.39 bits per heavy atom. The van der Waals surface area contributed by atoms with Crippen LogP contribution in [0.3, 0.4) is 0 Å². The van der Waals surface area contributed by atoms with Gasteiger partial charge in [-0.15, -0.1) is 11.3 Å². The van der Waals surface area contributed by atoms with Gasteiger partial charge in [-0.2, -0.15) is 5.10 Å². The second-order valence-electron chi connectivity index (χ2n) is 5.14. The van der Waals surface area contributed by atoms with Crippen LogP contribution in [-0.4, -0.2) is 17.4 Å². The van der Waals surface area contributed by atoms with Crippen molar-refractivity contribution in [2.24, 2.45) is 16.9 Å². The Balaban J connectivity index is 1.45. The number of thiophene rings is 1. The summed E-state index contributed by atoms with van der Waals surface area (Å²) < 4.78 is 0. The fourth-order valence-electron chi connectivity index (χ4n) is 3.14. The van der Waals surface area contributed by atoms with Gasteiger partial charge in [-0.25, -0.2) is 0 Å². The smallest absolute Gasteiger partial charge is 0.187 e. The Morgan fingerprint density at radius 3 is 3.06 bits per heavy atom. The van der Waals surface area contributed by atoms with Crippen molar-refractivity contribution < 1.29 is 0 Å². The highest BCUT2D eigenvalue weighted by Gasteiger charge is 2.39. The monoisotopic (exact) mass is 279 g/mol. The molecule has 2 aliphatic carbocycles. The topological polar surface area (TPSA) is 36.4 Å². The van der Waals surface area contributed by atoms with E-state index < -0.39 is 0 Å². The van der Waals surface area contributed by atoms with Crippen molar-refractivity contribution in [1.82, 2.24) is 10.7 Å². The molecule has 1 heterocycles. The summed E-state index contributed by atoms with van der Waals surface area (Å²) in [5.41, 5.74) is 2.90. The van der Waals surface area contributed by atoms with E-state index >= 15 is 0 Å². The molecule has 3 nitrogen and oxygen atoms in total. The first-order valence-electron chi connectivity index (χ1n) is 6.44. The predicted octanol–water partition coefficient (Wildman–Crippen LogP) is 2.73. The van der Waals surface area contributed by atoms with E-state index in [1.165, 1.54) is 25.7 Å². The molecule has 0 spiro atoms. The van der Waals surface area contributed by atoms with Crippen LogP contribution in [0, 0.1) is 11.8 Å². The van der Waals surface area contributed by atoms with Crippen molar-refractivity contribution in [3.63, 3.8) is 0 Å². The highest BCUT2D eigenvalue weighted by molar-refractivity contribution is 7.80. The minimum atomic E-state index is 0.570. The van der Waals surface area contributed by atoms with E-state index in [1.807, 2.05) is 17.5 Å². The van der Waals surface area contributed by atoms with Gasteiger partial charge in [0.25, 0.3) is 0 Å². The molecule has 3 atom stereocenters. The number of nitrogens with one attached hydrogen (secondary N) is 2. The molecular formula is C13H17N3S2. The zero-order chi connectivity index (χ0) is 12.4. The van der Waals surface area contributed by atoms with E-state index in [4.69, 9.17) is 12.2 Å². The van der Waals surface area contributed by atoms with Gasteiger partial charge in [-0.1, -0.05) is 12.5 Å². The SMILES string of the molecule is S=C(N/N=C\c1cccs1)N[C@H]1C[C@@H]2CC[C@@H]1C2. The number of thiocarbonyl (C=S) groups is 1. The van der Waals surface area contributed by atoms with Crippen LogP contribution in [0.2, 0.25) is 0 Å². The molecule has 0 amide bonds. The molecule has 3 rings (SSSR count). The molecular weight excluding hydrogens is 262 g/mol. The maximum Gasteiger partial charge on any atom is 0.187 e. The number of hydrazone groups is 1. The third-order valence-corrected chi connectivity index (χ3v) is 4.97. The van der Waals surface area contributed by atoms with Crippen LogP contribution in [0.5, 0.6) is 0 Å². The third kappa shape index (κ3) is 2.72. The highest BCUT2D eigenvalue weighted by Crippen LogP contribution is 2.44. The average Bonchev–Trinajstić information content (AvgIpc) is 3.04. The maximum absolute atomic E-state index is 5.27. The molecule has 0 radical (unpaired) electrons. The second kappa shape index (κ2) is 5.36. The third-order valence-electron chi connectivity index (χ3n) is 3.96. The molecule has 2 fully saturated rings. The van der Waals surface area contributed by atoms with Gasteiger partial charge in [0.1, 0.15) is 0 Å². The van der Waals surface area contributed by atoms with Crippen molar-refractivity contribution in [1.29, 1.82) is 0 Å². The quantitative estimate of drug-likeness (QED) is 0.507. The lowest BCUT2D eigenvalue weighted by molar-refractivity contribution is 0.389. The van der Waals surface area contributed by atoms with E-state index in [0.29, 0.717) is 11.2 Å². The number of rotatable bonds is 3. The predicted molar refractivity (Wildman–Crippen MR) is 80.0 cm³/mol. The van der Waals surface area contributed by atoms with Crippen LogP contribution in [-0.2, 0) is 0 Å². The van der Waals surface area contributed by atoms with Gasteiger partial charge in [0.2, 0.25) is 0 Å². The van der Waals surface area contributed by atoms with Gasteiger partial charge in [-0.05, 0) is 54.8 Å². The van der Waals surface area contributed by atoms with E-state index in [-0.39, 0.29) is 0 Å². The van der Waals surface area contributed by atoms with Crippen molar-refractivity contribution in [3.8, 4) is 0 Å². The summed E-state index contributed by atoms with van der Waals surface area (Å²) in [5, 5.41) is 10.2. The first kappa shape index (κ1) is 12.1. The van der Waals surface area contributed by atoms with Crippen LogP contribution < -0.4 is 10.7 Å². The first-order chi connectivity index (χ1) is 8.81. The van der Waals surface area contributed by atoms with Crippen LogP contribution in [0.1, 0.15) is 30.6 Å². The number of hydrogen-bond donors (Lipinski definition) is 2. The highest BCUT2D eigenvalue weighted by atomic mass is 32.1. The summed E-state index contributed by atoms with van der Waals surface area (Å²) in [4.78, 5) is 1.13. The van der Waals surface area contributed by atoms with E-state index in [2.05, 4.69) is 15.8 Å². The molecule has 0 aromatic carbocycles. The van der Waals surface area contributed by atoms with E-state index in [0.717, 1.165) is 16.7 Å². The van der Waals surface area contributed by atoms with Crippen LogP contribution in [0.25, 0.3) is 0 Å². The van der Waals surface area contributed by atoms with Gasteiger partial charge < -0.3 is 5.32 Å². The number of hydrogen-bond acceptors (Lipinski definition) is 3. The van der Waals surface area contributed by atoms with Crippen LogP contribution in [0.4, 0.5) is 0 Å². The normalized spacial score (nSPS) is 29.9. The molecule has 2 N–H and O–H groups in total. The molecule has 2 aliphatic rings. The second-order valence-corrected chi connectivity index (χ2v) is 6.53. The summed E-state index contributed by atoms with van der Waals surface area (Å²) in [6.45, 7) is 0. The zero-order valence-electron chi connectivity index (χ0n) is 10.1. The van der Waals surface area contributed by atoms with Gasteiger partial charge in [0.15, 0.2) is 5.11 Å². The molecule has 5 heteroatoms. The molecule has 0 saturated heterocycles. The van der Waals surface area contributed by atoms with Crippen molar-refractivity contribution in [2.45, 2.75) is 31.7 Å². The van der Waals surface area contributed by atoms with E-state index in [9.17, 15) is 0 Å². The molecule has 2 saturated carbocycles. The molecule has 96 valence electrons. The van der Waals surface area contributed by atoms with Crippen molar-refractivity contribution in [2.75, 3.05) is 0 Å². The molecule has 1 aromatic rings. The molecule has 0 aliphatic heterocycles.